The molecule has 0 saturated heterocycles. The van der Waals surface area contributed by atoms with Crippen LogP contribution >= 0.6 is 0 Å². The van der Waals surface area contributed by atoms with Crippen LogP contribution in [0.5, 0.6) is 0 Å². The Balaban J connectivity index is 3.60. The molecule has 7 heteroatoms. The van der Waals surface area contributed by atoms with Gasteiger partial charge in [0, 0.05) is 0 Å². The maximum atomic E-state index is 10.5. The van der Waals surface area contributed by atoms with E-state index < -0.39 is 5.56 Å². The normalized spacial score (nSPS) is 10.0. The van der Waals surface area contributed by atoms with Crippen LogP contribution in [0.3, 0.4) is 0 Å². The number of anilines is 2. The molecule has 7 nitrogen and oxygen atoms in total. The maximum absolute atomic E-state index is 10.5. The highest BCUT2D eigenvalue weighted by Crippen LogP contribution is 2.05. The van der Waals surface area contributed by atoms with Crippen LogP contribution in [0.25, 0.3) is 0 Å². The predicted molar refractivity (Wildman–Crippen MR) is 31.9 cm³/mol. The van der Waals surface area contributed by atoms with Crippen LogP contribution in [0.2, 0.25) is 0 Å². The second kappa shape index (κ2) is 1.59. The lowest BCUT2D eigenvalue weighted by molar-refractivity contribution is -0.0117. The molecule has 1 aromatic rings. The monoisotopic (exact) mass is 146 g/mol. The molecule has 0 unspecified atom stereocenters. The van der Waals surface area contributed by atoms with E-state index in [0.29, 0.717) is 0 Å². The van der Waals surface area contributed by atoms with Crippen LogP contribution in [-0.4, -0.2) is 20.1 Å². The van der Waals surface area contributed by atoms with Gasteiger partial charge in [0.15, 0.2) is 5.82 Å². The van der Waals surface area contributed by atoms with Crippen molar-refractivity contribution in [2.75, 3.05) is 11.5 Å². The van der Waals surface area contributed by atoms with Crippen LogP contribution in [0.4, 0.5) is 11.5 Å². The van der Waals surface area contributed by atoms with Crippen LogP contribution in [-0.2, 0) is 0 Å². The van der Waals surface area contributed by atoms with Gasteiger partial charge in [0.1, 0.15) is 5.69 Å². The maximum Gasteiger partial charge on any atom is 0.330 e. The number of nitrogens with zero attached hydrogens (tertiary/aromatic N) is 2. The van der Waals surface area contributed by atoms with Gasteiger partial charge in [-0.15, -0.1) is 0 Å². The number of nitrogens with two attached hydrogens (primary N) is 2. The molecule has 1 aromatic heterocycles. The third-order valence-electron chi connectivity index (χ3n) is 1.08. The number of hydrogen-bond acceptors (Lipinski definition) is 5. The van der Waals surface area contributed by atoms with E-state index >= 15 is 0 Å². The summed E-state index contributed by atoms with van der Waals surface area (Å²) in [4.78, 5) is 10.5. The zero-order valence-corrected chi connectivity index (χ0v) is 4.85. The Morgan fingerprint density at radius 2 is 1.70 bits per heavy atom. The van der Waals surface area contributed by atoms with Crippen molar-refractivity contribution in [3.05, 3.63) is 10.4 Å². The van der Waals surface area contributed by atoms with Crippen LogP contribution in [0.15, 0.2) is 4.79 Å². The van der Waals surface area contributed by atoms with Gasteiger partial charge in [-0.1, -0.05) is 4.85 Å². The quantitative estimate of drug-likeness (QED) is 0.325. The molecule has 1 rings (SSSR count). The second-order valence-corrected chi connectivity index (χ2v) is 1.68. The third-order valence-corrected chi connectivity index (χ3v) is 1.08. The minimum Gasteiger partial charge on any atom is -0.409 e. The van der Waals surface area contributed by atoms with Crippen LogP contribution < -0.4 is 17.0 Å². The van der Waals surface area contributed by atoms with Gasteiger partial charge in [-0.2, -0.15) is 0 Å². The fourth-order valence-electron chi connectivity index (χ4n) is 0.513. The Labute approximate surface area is 54.6 Å². The van der Waals surface area contributed by atoms with Crippen molar-refractivity contribution < 1.29 is 10.4 Å². The Morgan fingerprint density at radius 3 is 1.80 bits per heavy atom. The molecular formula is C3H6N4O3. The smallest absolute Gasteiger partial charge is 0.330 e. The van der Waals surface area contributed by atoms with Gasteiger partial charge in [-0.3, -0.25) is 4.79 Å². The Kier molecular flexibility index (Phi) is 1.01. The molecule has 0 amide bonds. The molecule has 1 heterocycles. The molecule has 0 aromatic carbocycles. The van der Waals surface area contributed by atoms with Crippen molar-refractivity contribution >= 4 is 11.5 Å². The average molecular weight is 146 g/mol. The lowest BCUT2D eigenvalue weighted by Crippen LogP contribution is -2.20. The van der Waals surface area contributed by atoms with Crippen molar-refractivity contribution in [3.63, 3.8) is 0 Å². The predicted octanol–water partition coefficient (Wildman–Crippen LogP) is -1.71. The van der Waals surface area contributed by atoms with Gasteiger partial charge >= 0.3 is 5.56 Å². The Morgan fingerprint density at radius 1 is 1.20 bits per heavy atom. The number of rotatable bonds is 0. The highest BCUT2D eigenvalue weighted by Gasteiger charge is 2.12. The van der Waals surface area contributed by atoms with Crippen molar-refractivity contribution in [1.29, 1.82) is 0 Å². The number of hydrogen-bond donors (Lipinski definition) is 4. The van der Waals surface area contributed by atoms with Gasteiger partial charge in [-0.25, -0.2) is 0 Å². The lowest BCUT2D eigenvalue weighted by atomic mass is 10.5. The molecule has 56 valence electrons. The standard InChI is InChI=1S/C3H6N4O3/c4-1-2(5)6(9)7(10)3(1)8/h9-10H,4-5H2. The van der Waals surface area contributed by atoms with Crippen molar-refractivity contribution in [2.24, 2.45) is 0 Å². The summed E-state index contributed by atoms with van der Waals surface area (Å²) < 4.78 is 0. The highest BCUT2D eigenvalue weighted by atomic mass is 16.6. The van der Waals surface area contributed by atoms with Gasteiger partial charge in [0.05, 0.1) is 0 Å². The molecule has 0 bridgehead atoms. The average Bonchev–Trinajstić information content (AvgIpc) is 2.07. The van der Waals surface area contributed by atoms with Crippen LogP contribution in [0.1, 0.15) is 0 Å². The SMILES string of the molecule is Nc1c(N)n(O)n(O)c1=O. The molecule has 6 N–H and O–H groups in total. The Bertz CT molecular complexity index is 282. The van der Waals surface area contributed by atoms with E-state index in [4.69, 9.17) is 21.9 Å². The molecule has 0 atom stereocenters. The summed E-state index contributed by atoms with van der Waals surface area (Å²) in [6.45, 7) is 0. The van der Waals surface area contributed by atoms with E-state index in [1.165, 1.54) is 0 Å². The van der Waals surface area contributed by atoms with E-state index in [0.717, 1.165) is 0 Å². The van der Waals surface area contributed by atoms with Gasteiger partial charge in [0.25, 0.3) is 0 Å². The van der Waals surface area contributed by atoms with Crippen molar-refractivity contribution in [3.8, 4) is 0 Å². The summed E-state index contributed by atoms with van der Waals surface area (Å²) in [6.07, 6.45) is 0. The summed E-state index contributed by atoms with van der Waals surface area (Å²) in [7, 11) is 0. The highest BCUT2D eigenvalue weighted by molar-refractivity contribution is 5.56. The fraction of sp³-hybridized carbons (Fsp3) is 0. The second-order valence-electron chi connectivity index (χ2n) is 1.68. The molecule has 0 aliphatic carbocycles. The van der Waals surface area contributed by atoms with Crippen molar-refractivity contribution in [2.45, 2.75) is 0 Å². The van der Waals surface area contributed by atoms with E-state index in [9.17, 15) is 4.79 Å². The summed E-state index contributed by atoms with van der Waals surface area (Å²) in [5, 5.41) is 17.2. The zero-order chi connectivity index (χ0) is 7.89. The topological polar surface area (TPSA) is 119 Å². The molecule has 0 spiro atoms. The molecule has 0 aliphatic heterocycles. The molecule has 0 saturated carbocycles. The minimum atomic E-state index is -0.944. The minimum absolute atomic E-state index is 0.0532. The third kappa shape index (κ3) is 0.508. The summed E-state index contributed by atoms with van der Waals surface area (Å²) in [6, 6.07) is 0. The molecule has 0 aliphatic rings. The van der Waals surface area contributed by atoms with E-state index in [1.807, 2.05) is 0 Å². The zero-order valence-electron chi connectivity index (χ0n) is 4.85. The summed E-state index contributed by atoms with van der Waals surface area (Å²) >= 11 is 0. The molecule has 0 radical (unpaired) electrons. The lowest BCUT2D eigenvalue weighted by Gasteiger charge is -1.94. The first-order valence-corrected chi connectivity index (χ1v) is 2.33. The van der Waals surface area contributed by atoms with Crippen LogP contribution in [0, 0.1) is 0 Å². The first kappa shape index (κ1) is 6.33. The fourth-order valence-corrected chi connectivity index (χ4v) is 0.513. The van der Waals surface area contributed by atoms with Crippen molar-refractivity contribution in [1.82, 2.24) is 9.69 Å². The summed E-state index contributed by atoms with van der Waals surface area (Å²) in [5.74, 6) is -0.382. The van der Waals surface area contributed by atoms with Gasteiger partial charge < -0.3 is 21.9 Å². The number of nitrogen functional groups attached to an aromatic ring is 2. The Hall–Kier alpha value is -1.79. The molecule has 10 heavy (non-hydrogen) atoms. The summed E-state index contributed by atoms with van der Waals surface area (Å²) in [5.41, 5.74) is 8.69. The van der Waals surface area contributed by atoms with E-state index in [-0.39, 0.29) is 21.2 Å². The molecule has 0 fully saturated rings. The van der Waals surface area contributed by atoms with E-state index in [2.05, 4.69) is 0 Å². The number of aromatic nitrogens is 2. The van der Waals surface area contributed by atoms with Gasteiger partial charge in [-0.05, 0) is 4.85 Å². The van der Waals surface area contributed by atoms with Gasteiger partial charge in [0.2, 0.25) is 0 Å². The van der Waals surface area contributed by atoms with E-state index in [1.54, 1.807) is 0 Å². The first-order valence-electron chi connectivity index (χ1n) is 2.33. The molecular weight excluding hydrogens is 140 g/mol. The largest absolute Gasteiger partial charge is 0.409 e. The first-order chi connectivity index (χ1) is 4.55.